The molecule has 0 aliphatic carbocycles. The van der Waals surface area contributed by atoms with E-state index in [1.165, 1.54) is 63.9 Å². The van der Waals surface area contributed by atoms with Crippen LogP contribution in [0.4, 0.5) is 0 Å². The molecule has 1 unspecified atom stereocenters. The minimum absolute atomic E-state index is 0.00993. The van der Waals surface area contributed by atoms with Crippen molar-refractivity contribution >= 4 is 13.7 Å². The summed E-state index contributed by atoms with van der Waals surface area (Å²) in [5, 5.41) is 44.3. The molecule has 5 N–H and O–H groups in total. The van der Waals surface area contributed by atoms with Crippen molar-refractivity contribution in [2.45, 2.75) is 179 Å². The zero-order valence-corrected chi connectivity index (χ0v) is 36.1. The average Bonchev–Trinajstić information content (AvgIpc) is 3.12. The van der Waals surface area contributed by atoms with Crippen LogP contribution in [0.25, 0.3) is 0 Å². The molecule has 0 aliphatic heterocycles. The maximum atomic E-state index is 12.9. The number of rotatable bonds is 37. The maximum Gasteiger partial charge on any atom is 0.268 e. The van der Waals surface area contributed by atoms with Gasteiger partial charge >= 0.3 is 0 Å². The molecule has 12 heteroatoms. The van der Waals surface area contributed by atoms with Crippen molar-refractivity contribution in [3.8, 4) is 0 Å². The Morgan fingerprint density at radius 1 is 0.655 bits per heavy atom. The van der Waals surface area contributed by atoms with Gasteiger partial charge in [0.05, 0.1) is 58.2 Å². The van der Waals surface area contributed by atoms with E-state index in [0.717, 1.165) is 51.4 Å². The Kier molecular flexibility index (Phi) is 33.3. The number of nitrogens with one attached hydrogen (secondary N) is 1. The van der Waals surface area contributed by atoms with Crippen molar-refractivity contribution in [1.82, 2.24) is 5.32 Å². The van der Waals surface area contributed by atoms with Crippen LogP contribution in [0.3, 0.4) is 0 Å². The number of likely N-dealkylation sites (N-methyl/N-ethyl adjacent to an activating group) is 1. The van der Waals surface area contributed by atoms with Gasteiger partial charge in [-0.1, -0.05) is 165 Å². The van der Waals surface area contributed by atoms with Crippen LogP contribution in [0.5, 0.6) is 0 Å². The summed E-state index contributed by atoms with van der Waals surface area (Å²) in [6.45, 7) is 4.30. The Balaban J connectivity index is 4.78. The molecule has 0 aliphatic rings. The highest BCUT2D eigenvalue weighted by Gasteiger charge is 2.25. The SMILES string of the molecule is CCCCCCCCCCCCCCC[C@@H](O)[C@H](COP(=O)([O-])OCC[N+](C)(C)C)NC(=O)CCC[C@H](O)[C@@H](O)/C=C/C=C/C=C\C=C\[C@@H](O)CCCCC. The van der Waals surface area contributed by atoms with E-state index < -0.39 is 50.8 Å². The Morgan fingerprint density at radius 3 is 1.69 bits per heavy atom. The number of carbonyl (C=O) groups is 1. The molecule has 0 aromatic carbocycles. The highest BCUT2D eigenvalue weighted by Crippen LogP contribution is 2.38. The summed E-state index contributed by atoms with van der Waals surface area (Å²) < 4.78 is 23.1. The molecular formula is C43H81N2O9P. The quantitative estimate of drug-likeness (QED) is 0.0184. The maximum absolute atomic E-state index is 12.9. The van der Waals surface area contributed by atoms with E-state index in [1.807, 2.05) is 21.1 Å². The molecule has 0 saturated heterocycles. The fourth-order valence-electron chi connectivity index (χ4n) is 5.83. The predicted molar refractivity (Wildman–Crippen MR) is 223 cm³/mol. The van der Waals surface area contributed by atoms with Gasteiger partial charge in [0, 0.05) is 6.42 Å². The number of allylic oxidation sites excluding steroid dienone is 6. The topological polar surface area (TPSA) is 169 Å². The molecule has 0 radical (unpaired) electrons. The van der Waals surface area contributed by atoms with Gasteiger partial charge in [-0.2, -0.15) is 0 Å². The molecule has 1 amide bonds. The number of carbonyl (C=O) groups excluding carboxylic acids is 1. The summed E-state index contributed by atoms with van der Waals surface area (Å²) in [7, 11) is 1.08. The van der Waals surface area contributed by atoms with Crippen molar-refractivity contribution in [1.29, 1.82) is 0 Å². The number of unbranched alkanes of at least 4 members (excludes halogenated alkanes) is 14. The predicted octanol–water partition coefficient (Wildman–Crippen LogP) is 7.58. The van der Waals surface area contributed by atoms with Crippen molar-refractivity contribution in [3.63, 3.8) is 0 Å². The lowest BCUT2D eigenvalue weighted by Gasteiger charge is -2.30. The van der Waals surface area contributed by atoms with Gasteiger partial charge in [-0.15, -0.1) is 0 Å². The monoisotopic (exact) mass is 801 g/mol. The van der Waals surface area contributed by atoms with Crippen LogP contribution in [-0.2, 0) is 18.4 Å². The first-order chi connectivity index (χ1) is 26.2. The number of hydrogen-bond donors (Lipinski definition) is 5. The first-order valence-corrected chi connectivity index (χ1v) is 22.8. The molecule has 55 heavy (non-hydrogen) atoms. The molecule has 0 saturated carbocycles. The number of phosphoric ester groups is 1. The molecule has 6 atom stereocenters. The Morgan fingerprint density at radius 2 is 1.13 bits per heavy atom. The number of aliphatic hydroxyl groups is 4. The van der Waals surface area contributed by atoms with Crippen LogP contribution in [0.15, 0.2) is 48.6 Å². The van der Waals surface area contributed by atoms with Crippen molar-refractivity contribution in [2.24, 2.45) is 0 Å². The fourth-order valence-corrected chi connectivity index (χ4v) is 6.56. The van der Waals surface area contributed by atoms with E-state index in [-0.39, 0.29) is 25.9 Å². The second-order valence-corrected chi connectivity index (χ2v) is 17.3. The summed E-state index contributed by atoms with van der Waals surface area (Å²) in [6.07, 6.45) is 30.4. The molecule has 0 rings (SSSR count). The van der Waals surface area contributed by atoms with Gasteiger partial charge in [-0.05, 0) is 25.7 Å². The Labute approximate surface area is 335 Å². The van der Waals surface area contributed by atoms with Gasteiger partial charge in [0.15, 0.2) is 0 Å². The average molecular weight is 801 g/mol. The summed E-state index contributed by atoms with van der Waals surface area (Å²) in [5.74, 6) is -0.417. The van der Waals surface area contributed by atoms with Crippen molar-refractivity contribution in [2.75, 3.05) is 40.9 Å². The van der Waals surface area contributed by atoms with E-state index in [4.69, 9.17) is 9.05 Å². The van der Waals surface area contributed by atoms with Crippen molar-refractivity contribution in [3.05, 3.63) is 48.6 Å². The van der Waals surface area contributed by atoms with Gasteiger partial charge in [0.25, 0.3) is 7.82 Å². The molecule has 0 aromatic heterocycles. The molecule has 0 fully saturated rings. The molecule has 0 spiro atoms. The van der Waals surface area contributed by atoms with Gasteiger partial charge in [0.2, 0.25) is 5.91 Å². The van der Waals surface area contributed by atoms with Crippen LogP contribution in [0.1, 0.15) is 149 Å². The van der Waals surface area contributed by atoms with E-state index in [9.17, 15) is 34.7 Å². The van der Waals surface area contributed by atoms with Gasteiger partial charge in [-0.3, -0.25) is 9.36 Å². The van der Waals surface area contributed by atoms with Crippen LogP contribution < -0.4 is 10.2 Å². The molecule has 11 nitrogen and oxygen atoms in total. The minimum atomic E-state index is -4.66. The van der Waals surface area contributed by atoms with Crippen LogP contribution >= 0.6 is 7.82 Å². The summed E-state index contributed by atoms with van der Waals surface area (Å²) in [5.41, 5.74) is 0. The third-order valence-corrected chi connectivity index (χ3v) is 10.4. The summed E-state index contributed by atoms with van der Waals surface area (Å²) >= 11 is 0. The van der Waals surface area contributed by atoms with Crippen LogP contribution in [0, 0.1) is 0 Å². The largest absolute Gasteiger partial charge is 0.756 e. The van der Waals surface area contributed by atoms with Crippen LogP contribution in [-0.4, -0.2) is 102 Å². The molecule has 0 aromatic rings. The van der Waals surface area contributed by atoms with Gasteiger partial charge in [-0.25, -0.2) is 0 Å². The Bertz CT molecular complexity index is 1090. The van der Waals surface area contributed by atoms with Crippen molar-refractivity contribution < 1.29 is 48.2 Å². The molecule has 0 heterocycles. The highest BCUT2D eigenvalue weighted by atomic mass is 31.2. The fraction of sp³-hybridized carbons (Fsp3) is 0.791. The summed E-state index contributed by atoms with van der Waals surface area (Å²) in [4.78, 5) is 25.3. The molecular weight excluding hydrogens is 719 g/mol. The zero-order chi connectivity index (χ0) is 41.2. The third kappa shape index (κ3) is 35.3. The number of amides is 1. The zero-order valence-electron chi connectivity index (χ0n) is 35.2. The van der Waals surface area contributed by atoms with E-state index >= 15 is 0 Å². The van der Waals surface area contributed by atoms with Gasteiger partial charge in [0.1, 0.15) is 13.2 Å². The van der Waals surface area contributed by atoms with E-state index in [2.05, 4.69) is 19.2 Å². The number of nitrogens with zero attached hydrogens (tertiary/aromatic N) is 1. The highest BCUT2D eigenvalue weighted by molar-refractivity contribution is 7.45. The van der Waals surface area contributed by atoms with Crippen LogP contribution in [0.2, 0.25) is 0 Å². The number of quaternary nitrogens is 1. The standard InChI is InChI=1S/C43H81N2O9P/c1-6-8-10-11-12-13-14-15-16-17-18-22-26-31-40(47)39(37-54-55(51,52)53-36-35-45(3,4)5)44-43(50)34-28-33-42(49)41(48)32-27-23-20-19-21-25-30-38(46)29-24-9-7-2/h19-21,23,25,27,30,32,38-42,46-49H,6-18,22,24,26,28-29,31,33-37H2,1-5H3,(H-,44,50,51,52)/b21-19-,23-20+,30-25+,32-27+/t38-,39-,40+,41-,42-/m0/s1. The van der Waals surface area contributed by atoms with E-state index in [1.54, 1.807) is 42.5 Å². The first kappa shape index (κ1) is 53.3. The number of hydrogen-bond acceptors (Lipinski definition) is 9. The summed E-state index contributed by atoms with van der Waals surface area (Å²) in [6, 6.07) is -0.959. The van der Waals surface area contributed by atoms with E-state index in [0.29, 0.717) is 17.4 Å². The normalized spacial score (nSPS) is 16.6. The minimum Gasteiger partial charge on any atom is -0.756 e. The Hall–Kier alpha value is -1.66. The second kappa shape index (κ2) is 34.4. The number of phosphoric acid groups is 1. The first-order valence-electron chi connectivity index (χ1n) is 21.3. The molecule has 0 bridgehead atoms. The molecule has 322 valence electrons. The second-order valence-electron chi connectivity index (χ2n) is 15.9. The third-order valence-electron chi connectivity index (χ3n) is 9.44. The lowest BCUT2D eigenvalue weighted by molar-refractivity contribution is -0.870. The lowest BCUT2D eigenvalue weighted by atomic mass is 10.0. The lowest BCUT2D eigenvalue weighted by Crippen LogP contribution is -2.46. The smallest absolute Gasteiger partial charge is 0.268 e. The number of aliphatic hydroxyl groups excluding tert-OH is 4. The van der Waals surface area contributed by atoms with Gasteiger partial charge < -0.3 is 44.2 Å².